The lowest BCUT2D eigenvalue weighted by atomic mass is 10.0. The average molecular weight is 514 g/mol. The lowest BCUT2D eigenvalue weighted by molar-refractivity contribution is 0.0951. The van der Waals surface area contributed by atoms with Crippen molar-refractivity contribution in [1.82, 2.24) is 34.3 Å². The molecule has 2 aromatic carbocycles. The number of pyridine rings is 1. The Kier molecular flexibility index (Phi) is 5.98. The Hall–Kier alpha value is -5.49. The highest BCUT2D eigenvalue weighted by Crippen LogP contribution is 2.20. The van der Waals surface area contributed by atoms with Crippen LogP contribution in [0.2, 0.25) is 0 Å². The number of carbonyl (C=O) groups excluding carboxylic acids is 1. The fourth-order valence-corrected chi connectivity index (χ4v) is 4.66. The van der Waals surface area contributed by atoms with Crippen LogP contribution in [0, 0.1) is 18.8 Å². The number of benzene rings is 2. The van der Waals surface area contributed by atoms with Crippen molar-refractivity contribution in [2.75, 3.05) is 0 Å². The van der Waals surface area contributed by atoms with Gasteiger partial charge in [-0.1, -0.05) is 42.2 Å². The third kappa shape index (κ3) is 4.45. The van der Waals surface area contributed by atoms with Gasteiger partial charge in [0.25, 0.3) is 11.5 Å². The van der Waals surface area contributed by atoms with Crippen LogP contribution in [0.15, 0.2) is 90.2 Å². The molecule has 0 aliphatic carbocycles. The maximum absolute atomic E-state index is 14.0. The Labute approximate surface area is 223 Å². The minimum atomic E-state index is -0.315. The molecule has 0 radical (unpaired) electrons. The standard InChI is InChI=1S/C30H23N7O2/c1-20-26(28-31-14-7-15-36(28)34-20)29(38)32-18-25-16-23-9-6-8-22(13-12-21-17-33-35(2)19-21)27(23)30(39)37(25)24-10-4-3-5-11-24/h3-11,14-17,19H,18H2,1-2H3,(H,32,38). The van der Waals surface area contributed by atoms with Crippen molar-refractivity contribution in [1.29, 1.82) is 0 Å². The first-order valence-corrected chi connectivity index (χ1v) is 12.3. The zero-order chi connectivity index (χ0) is 26.9. The summed E-state index contributed by atoms with van der Waals surface area (Å²) in [5.41, 5.74) is 3.93. The molecule has 1 N–H and O–H groups in total. The van der Waals surface area contributed by atoms with Crippen LogP contribution in [0.5, 0.6) is 0 Å². The van der Waals surface area contributed by atoms with E-state index in [1.165, 1.54) is 0 Å². The van der Waals surface area contributed by atoms with Crippen molar-refractivity contribution in [3.05, 3.63) is 124 Å². The second-order valence-corrected chi connectivity index (χ2v) is 9.07. The smallest absolute Gasteiger partial charge is 0.264 e. The highest BCUT2D eigenvalue weighted by molar-refractivity contribution is 6.01. The number of hydrogen-bond acceptors (Lipinski definition) is 5. The van der Waals surface area contributed by atoms with Crippen molar-refractivity contribution < 1.29 is 4.79 Å². The molecule has 0 saturated heterocycles. The highest BCUT2D eigenvalue weighted by atomic mass is 16.2. The van der Waals surface area contributed by atoms with Gasteiger partial charge in [0.05, 0.1) is 29.4 Å². The van der Waals surface area contributed by atoms with Gasteiger partial charge in [0.2, 0.25) is 0 Å². The number of aromatic nitrogens is 6. The van der Waals surface area contributed by atoms with Gasteiger partial charge in [0.15, 0.2) is 5.65 Å². The molecule has 1 amide bonds. The molecule has 0 unspecified atom stereocenters. The molecular weight excluding hydrogens is 490 g/mol. The maximum Gasteiger partial charge on any atom is 0.264 e. The predicted octanol–water partition coefficient (Wildman–Crippen LogP) is 3.41. The molecule has 6 rings (SSSR count). The summed E-state index contributed by atoms with van der Waals surface area (Å²) in [5.74, 6) is 5.93. The van der Waals surface area contributed by atoms with E-state index in [-0.39, 0.29) is 18.0 Å². The summed E-state index contributed by atoms with van der Waals surface area (Å²) in [4.78, 5) is 31.6. The minimum absolute atomic E-state index is 0.119. The van der Waals surface area contributed by atoms with Gasteiger partial charge >= 0.3 is 0 Å². The van der Waals surface area contributed by atoms with Gasteiger partial charge in [-0.05, 0) is 42.6 Å². The van der Waals surface area contributed by atoms with E-state index in [4.69, 9.17) is 0 Å². The van der Waals surface area contributed by atoms with E-state index in [0.29, 0.717) is 39.2 Å². The lowest BCUT2D eigenvalue weighted by Crippen LogP contribution is -2.29. The van der Waals surface area contributed by atoms with Crippen LogP contribution in [-0.4, -0.2) is 34.9 Å². The number of para-hydroxylation sites is 1. The fraction of sp³-hybridized carbons (Fsp3) is 0.100. The van der Waals surface area contributed by atoms with Crippen molar-refractivity contribution in [2.24, 2.45) is 7.05 Å². The monoisotopic (exact) mass is 513 g/mol. The lowest BCUT2D eigenvalue weighted by Gasteiger charge is -2.16. The average Bonchev–Trinajstić information content (AvgIpc) is 3.52. The van der Waals surface area contributed by atoms with E-state index in [1.54, 1.807) is 45.3 Å². The van der Waals surface area contributed by atoms with Gasteiger partial charge in [-0.2, -0.15) is 10.2 Å². The first-order chi connectivity index (χ1) is 19.0. The summed E-state index contributed by atoms with van der Waals surface area (Å²) < 4.78 is 4.88. The second-order valence-electron chi connectivity index (χ2n) is 9.07. The van der Waals surface area contributed by atoms with Crippen molar-refractivity contribution >= 4 is 22.3 Å². The van der Waals surface area contributed by atoms with Gasteiger partial charge < -0.3 is 5.32 Å². The third-order valence-electron chi connectivity index (χ3n) is 6.41. The molecule has 4 heterocycles. The van der Waals surface area contributed by atoms with Gasteiger partial charge in [-0.15, -0.1) is 0 Å². The van der Waals surface area contributed by atoms with Crippen molar-refractivity contribution in [3.63, 3.8) is 0 Å². The molecule has 4 aromatic heterocycles. The summed E-state index contributed by atoms with van der Waals surface area (Å²) >= 11 is 0. The number of hydrogen-bond donors (Lipinski definition) is 1. The molecule has 9 nitrogen and oxygen atoms in total. The van der Waals surface area contributed by atoms with E-state index < -0.39 is 0 Å². The Morgan fingerprint density at radius 3 is 2.69 bits per heavy atom. The van der Waals surface area contributed by atoms with Crippen LogP contribution in [0.3, 0.4) is 0 Å². The van der Waals surface area contributed by atoms with Crippen molar-refractivity contribution in [2.45, 2.75) is 13.5 Å². The van der Waals surface area contributed by atoms with E-state index >= 15 is 0 Å². The predicted molar refractivity (Wildman–Crippen MR) is 148 cm³/mol. The van der Waals surface area contributed by atoms with Crippen molar-refractivity contribution in [3.8, 4) is 17.5 Å². The number of nitrogens with zero attached hydrogens (tertiary/aromatic N) is 6. The van der Waals surface area contributed by atoms with Crippen LogP contribution >= 0.6 is 0 Å². The first-order valence-electron chi connectivity index (χ1n) is 12.3. The number of fused-ring (bicyclic) bond motifs is 2. The van der Waals surface area contributed by atoms with Crippen LogP contribution in [0.25, 0.3) is 22.1 Å². The molecule has 39 heavy (non-hydrogen) atoms. The summed E-state index contributed by atoms with van der Waals surface area (Å²) in [6.07, 6.45) is 6.88. The Bertz CT molecular complexity index is 1990. The van der Waals surface area contributed by atoms with E-state index in [1.807, 2.05) is 67.8 Å². The number of rotatable bonds is 4. The van der Waals surface area contributed by atoms with Gasteiger partial charge in [0.1, 0.15) is 5.56 Å². The van der Waals surface area contributed by atoms with E-state index in [9.17, 15) is 9.59 Å². The molecule has 0 spiro atoms. The van der Waals surface area contributed by atoms with E-state index in [0.717, 1.165) is 10.9 Å². The SMILES string of the molecule is Cc1nn2cccnc2c1C(=O)NCc1cc2cccc(C#Cc3cnn(C)c3)c2c(=O)n1-c1ccccc1. The molecule has 0 bridgehead atoms. The van der Waals surface area contributed by atoms with Crippen LogP contribution in [-0.2, 0) is 13.6 Å². The zero-order valence-corrected chi connectivity index (χ0v) is 21.3. The molecule has 0 atom stereocenters. The maximum atomic E-state index is 14.0. The Balaban J connectivity index is 1.44. The molecule has 9 heteroatoms. The topological polar surface area (TPSA) is 99.1 Å². The van der Waals surface area contributed by atoms with E-state index in [2.05, 4.69) is 32.3 Å². The van der Waals surface area contributed by atoms with Gasteiger partial charge in [-0.25, -0.2) is 9.50 Å². The molecule has 190 valence electrons. The molecular formula is C30H23N7O2. The normalized spacial score (nSPS) is 10.9. The summed E-state index contributed by atoms with van der Waals surface area (Å²) in [7, 11) is 1.83. The summed E-state index contributed by atoms with van der Waals surface area (Å²) in [6, 6.07) is 18.6. The first kappa shape index (κ1) is 23.9. The molecule has 0 aliphatic heterocycles. The summed E-state index contributed by atoms with van der Waals surface area (Å²) in [5, 5.41) is 12.8. The number of aryl methyl sites for hydroxylation is 2. The molecule has 0 saturated carbocycles. The molecule has 0 fully saturated rings. The largest absolute Gasteiger partial charge is 0.346 e. The zero-order valence-electron chi connectivity index (χ0n) is 21.3. The van der Waals surface area contributed by atoms with Gasteiger partial charge in [-0.3, -0.25) is 18.8 Å². The highest BCUT2D eigenvalue weighted by Gasteiger charge is 2.19. The Morgan fingerprint density at radius 1 is 1.05 bits per heavy atom. The third-order valence-corrected chi connectivity index (χ3v) is 6.41. The Morgan fingerprint density at radius 2 is 1.90 bits per heavy atom. The fourth-order valence-electron chi connectivity index (χ4n) is 4.66. The van der Waals surface area contributed by atoms with Crippen LogP contribution in [0.1, 0.15) is 32.9 Å². The van der Waals surface area contributed by atoms with Gasteiger partial charge in [0, 0.05) is 42.6 Å². The van der Waals surface area contributed by atoms with Crippen LogP contribution < -0.4 is 10.9 Å². The molecule has 0 aliphatic rings. The minimum Gasteiger partial charge on any atom is -0.346 e. The number of amides is 1. The molecule has 6 aromatic rings. The summed E-state index contributed by atoms with van der Waals surface area (Å²) in [6.45, 7) is 1.89. The van der Waals surface area contributed by atoms with Crippen LogP contribution in [0.4, 0.5) is 0 Å². The number of carbonyl (C=O) groups is 1. The number of nitrogens with one attached hydrogen (secondary N) is 1. The quantitative estimate of drug-likeness (QED) is 0.364. The second kappa shape index (κ2) is 9.76.